The normalized spacial score (nSPS) is 18.5. The first kappa shape index (κ1) is 13.8. The van der Waals surface area contributed by atoms with Gasteiger partial charge in [-0.05, 0) is 35.0 Å². The second-order valence-electron chi connectivity index (χ2n) is 4.69. The summed E-state index contributed by atoms with van der Waals surface area (Å²) in [7, 11) is 1.88. The van der Waals surface area contributed by atoms with Gasteiger partial charge in [-0.15, -0.1) is 0 Å². The Balaban J connectivity index is 2.32. The second kappa shape index (κ2) is 5.19. The van der Waals surface area contributed by atoms with E-state index in [9.17, 15) is 9.90 Å². The summed E-state index contributed by atoms with van der Waals surface area (Å²) in [6.07, 6.45) is -1.11. The second-order valence-corrected chi connectivity index (χ2v) is 5.55. The fourth-order valence-electron chi connectivity index (χ4n) is 2.10. The minimum Gasteiger partial charge on any atom is -0.378 e. The highest BCUT2D eigenvalue weighted by Gasteiger charge is 2.29. The maximum Gasteiger partial charge on any atom is 0.257 e. The lowest BCUT2D eigenvalue weighted by Crippen LogP contribution is -2.23. The van der Waals surface area contributed by atoms with E-state index < -0.39 is 12.0 Å². The van der Waals surface area contributed by atoms with Crippen molar-refractivity contribution in [2.75, 3.05) is 23.8 Å². The minimum absolute atomic E-state index is 0.0923. The molecule has 1 amide bonds. The summed E-state index contributed by atoms with van der Waals surface area (Å²) in [5.41, 5.74) is 2.06. The zero-order valence-corrected chi connectivity index (χ0v) is 12.2. The van der Waals surface area contributed by atoms with Crippen LogP contribution in [0.5, 0.6) is 0 Å². The van der Waals surface area contributed by atoms with Gasteiger partial charge in [-0.2, -0.15) is 5.26 Å². The van der Waals surface area contributed by atoms with Gasteiger partial charge in [-0.1, -0.05) is 0 Å². The van der Waals surface area contributed by atoms with Crippen LogP contribution in [0.4, 0.5) is 11.4 Å². The molecule has 100 valence electrons. The zero-order chi connectivity index (χ0) is 14.2. The molecular formula is C13H14BrN3O2. The van der Waals surface area contributed by atoms with Crippen molar-refractivity contribution < 1.29 is 9.90 Å². The summed E-state index contributed by atoms with van der Waals surface area (Å²) in [5, 5.41) is 21.2. The molecule has 0 saturated carbocycles. The fraction of sp³-hybridized carbons (Fsp3) is 0.385. The molecule has 2 atom stereocenters. The number of hydrogen-bond acceptors (Lipinski definition) is 4. The van der Waals surface area contributed by atoms with E-state index in [1.54, 1.807) is 12.1 Å². The summed E-state index contributed by atoms with van der Waals surface area (Å²) < 4.78 is 0.787. The largest absolute Gasteiger partial charge is 0.378 e. The highest BCUT2D eigenvalue weighted by molar-refractivity contribution is 9.10. The smallest absolute Gasteiger partial charge is 0.257 e. The number of fused-ring (bicyclic) bond motifs is 1. The van der Waals surface area contributed by atoms with Gasteiger partial charge in [0.1, 0.15) is 0 Å². The number of rotatable bonds is 3. The van der Waals surface area contributed by atoms with Crippen molar-refractivity contribution in [2.24, 2.45) is 5.92 Å². The molecule has 0 bridgehead atoms. The number of nitrogens with zero attached hydrogens (tertiary/aromatic N) is 2. The molecule has 1 aromatic carbocycles. The molecule has 1 aliphatic heterocycles. The molecule has 6 heteroatoms. The highest BCUT2D eigenvalue weighted by atomic mass is 79.9. The number of hydrogen-bond donors (Lipinski definition) is 2. The van der Waals surface area contributed by atoms with Crippen LogP contribution < -0.4 is 10.2 Å². The third-order valence-electron chi connectivity index (χ3n) is 3.10. The van der Waals surface area contributed by atoms with E-state index in [-0.39, 0.29) is 5.92 Å². The Bertz CT molecular complexity index is 568. The predicted octanol–water partition coefficient (Wildman–Crippen LogP) is 2.03. The third kappa shape index (κ3) is 2.57. The van der Waals surface area contributed by atoms with Crippen molar-refractivity contribution in [1.29, 1.82) is 5.26 Å². The average molecular weight is 324 g/mol. The van der Waals surface area contributed by atoms with Crippen LogP contribution in [0, 0.1) is 17.2 Å². The number of aliphatic hydroxyl groups excluding tert-OH is 1. The third-order valence-corrected chi connectivity index (χ3v) is 3.73. The van der Waals surface area contributed by atoms with Crippen LogP contribution in [0.1, 0.15) is 18.6 Å². The van der Waals surface area contributed by atoms with Gasteiger partial charge in [0.25, 0.3) is 5.91 Å². The van der Waals surface area contributed by atoms with Gasteiger partial charge in [0, 0.05) is 29.3 Å². The first-order valence-electron chi connectivity index (χ1n) is 5.87. The molecule has 2 rings (SSSR count). The molecule has 1 aromatic rings. The average Bonchev–Trinajstić information content (AvgIpc) is 2.64. The van der Waals surface area contributed by atoms with Gasteiger partial charge in [0.2, 0.25) is 0 Å². The van der Waals surface area contributed by atoms with Gasteiger partial charge in [0.05, 0.1) is 17.7 Å². The van der Waals surface area contributed by atoms with Crippen molar-refractivity contribution in [2.45, 2.75) is 13.0 Å². The van der Waals surface area contributed by atoms with Crippen molar-refractivity contribution >= 4 is 33.2 Å². The Hall–Kier alpha value is -1.58. The number of nitriles is 1. The first-order valence-corrected chi connectivity index (χ1v) is 6.66. The minimum atomic E-state index is -1.11. The molecule has 1 heterocycles. The lowest BCUT2D eigenvalue weighted by Gasteiger charge is -2.22. The monoisotopic (exact) mass is 323 g/mol. The predicted molar refractivity (Wildman–Crippen MR) is 75.8 cm³/mol. The summed E-state index contributed by atoms with van der Waals surface area (Å²) in [6.45, 7) is 2.44. The Morgan fingerprint density at radius 1 is 1.63 bits per heavy atom. The van der Waals surface area contributed by atoms with Crippen LogP contribution >= 0.6 is 15.9 Å². The maximum absolute atomic E-state index is 11.4. The van der Waals surface area contributed by atoms with Gasteiger partial charge >= 0.3 is 0 Å². The van der Waals surface area contributed by atoms with Crippen LogP contribution in [0.2, 0.25) is 0 Å². The summed E-state index contributed by atoms with van der Waals surface area (Å²) in [4.78, 5) is 13.4. The molecule has 0 saturated heterocycles. The van der Waals surface area contributed by atoms with E-state index in [0.29, 0.717) is 17.8 Å². The molecule has 0 spiro atoms. The van der Waals surface area contributed by atoms with Crippen molar-refractivity contribution in [1.82, 2.24) is 0 Å². The number of aliphatic hydroxyl groups is 1. The topological polar surface area (TPSA) is 76.4 Å². The van der Waals surface area contributed by atoms with Crippen LogP contribution in [0.15, 0.2) is 16.6 Å². The lowest BCUT2D eigenvalue weighted by molar-refractivity contribution is -0.123. The van der Waals surface area contributed by atoms with Crippen LogP contribution in [0.3, 0.4) is 0 Å². The summed E-state index contributed by atoms with van der Waals surface area (Å²) >= 11 is 3.43. The number of carbonyl (C=O) groups is 1. The van der Waals surface area contributed by atoms with Crippen LogP contribution in [-0.4, -0.2) is 24.6 Å². The number of amides is 1. The van der Waals surface area contributed by atoms with Gasteiger partial charge in [-0.3, -0.25) is 4.79 Å². The van der Waals surface area contributed by atoms with Gasteiger partial charge < -0.3 is 15.3 Å². The molecule has 2 N–H and O–H groups in total. The summed E-state index contributed by atoms with van der Waals surface area (Å²) in [5.74, 6) is -0.502. The molecule has 0 radical (unpaired) electrons. The molecule has 19 heavy (non-hydrogen) atoms. The maximum atomic E-state index is 11.4. The molecule has 0 aliphatic carbocycles. The molecule has 2 unspecified atom stereocenters. The molecule has 5 nitrogen and oxygen atoms in total. The van der Waals surface area contributed by atoms with Crippen molar-refractivity contribution in [3.8, 4) is 6.07 Å². The highest BCUT2D eigenvalue weighted by Crippen LogP contribution is 2.38. The van der Waals surface area contributed by atoms with E-state index in [0.717, 1.165) is 10.2 Å². The SMILES string of the molecule is CC(C#N)CN(C)c1cc2c(cc1Br)C(O)C(=O)N2. The standard InChI is InChI=1S/C13H14BrN3O2/c1-7(5-15)6-17(2)11-4-10-8(3-9(11)14)12(18)13(19)16-10/h3-4,7,12,18H,6H2,1-2H3,(H,16,19). The fourth-order valence-corrected chi connectivity index (χ4v) is 2.76. The van der Waals surface area contributed by atoms with E-state index in [2.05, 4.69) is 27.3 Å². The Labute approximate surface area is 120 Å². The van der Waals surface area contributed by atoms with Crippen LogP contribution in [-0.2, 0) is 4.79 Å². The van der Waals surface area contributed by atoms with Crippen molar-refractivity contribution in [3.63, 3.8) is 0 Å². The Kier molecular flexibility index (Phi) is 3.78. The molecule has 0 aromatic heterocycles. The summed E-state index contributed by atoms with van der Waals surface area (Å²) in [6, 6.07) is 5.72. The van der Waals surface area contributed by atoms with E-state index in [1.807, 2.05) is 18.9 Å². The quantitative estimate of drug-likeness (QED) is 0.892. The first-order chi connectivity index (χ1) is 8.93. The lowest BCUT2D eigenvalue weighted by atomic mass is 10.1. The number of nitrogens with one attached hydrogen (secondary N) is 1. The number of carbonyl (C=O) groups excluding carboxylic acids is 1. The zero-order valence-electron chi connectivity index (χ0n) is 10.6. The van der Waals surface area contributed by atoms with Gasteiger partial charge in [0.15, 0.2) is 6.10 Å². The van der Waals surface area contributed by atoms with E-state index >= 15 is 0 Å². The number of anilines is 2. The van der Waals surface area contributed by atoms with E-state index in [1.165, 1.54) is 0 Å². The van der Waals surface area contributed by atoms with Crippen molar-refractivity contribution in [3.05, 3.63) is 22.2 Å². The molecular weight excluding hydrogens is 310 g/mol. The molecule has 1 aliphatic rings. The number of halogens is 1. The van der Waals surface area contributed by atoms with E-state index in [4.69, 9.17) is 5.26 Å². The molecule has 0 fully saturated rings. The number of benzene rings is 1. The Morgan fingerprint density at radius 3 is 2.95 bits per heavy atom. The van der Waals surface area contributed by atoms with Crippen LogP contribution in [0.25, 0.3) is 0 Å². The Morgan fingerprint density at radius 2 is 2.32 bits per heavy atom. The van der Waals surface area contributed by atoms with Gasteiger partial charge in [-0.25, -0.2) is 0 Å².